The van der Waals surface area contributed by atoms with E-state index in [1.54, 1.807) is 36.4 Å². The number of methoxy groups -OCH3 is 1. The molecule has 1 N–H and O–H groups in total. The number of hydrogen-bond donors (Lipinski definition) is 1. The molecule has 26 heavy (non-hydrogen) atoms. The summed E-state index contributed by atoms with van der Waals surface area (Å²) in [6.07, 6.45) is -0.0176. The summed E-state index contributed by atoms with van der Waals surface area (Å²) in [4.78, 5) is 38.0. The fourth-order valence-electron chi connectivity index (χ4n) is 2.80. The predicted molar refractivity (Wildman–Crippen MR) is 97.8 cm³/mol. The lowest BCUT2D eigenvalue weighted by Gasteiger charge is -2.15. The Labute approximate surface area is 155 Å². The Kier molecular flexibility index (Phi) is 4.95. The number of aryl methyl sites for hydroxylation is 1. The molecular formula is C19H17ClN2O4. The van der Waals surface area contributed by atoms with Crippen LogP contribution in [0.5, 0.6) is 5.75 Å². The van der Waals surface area contributed by atoms with Gasteiger partial charge in [-0.2, -0.15) is 0 Å². The average Bonchev–Trinajstić information content (AvgIpc) is 2.87. The van der Waals surface area contributed by atoms with E-state index >= 15 is 0 Å². The Bertz CT molecular complexity index is 875. The molecule has 0 bridgehead atoms. The van der Waals surface area contributed by atoms with Crippen LogP contribution in [0.1, 0.15) is 32.7 Å². The second kappa shape index (κ2) is 7.17. The molecule has 0 radical (unpaired) electrons. The van der Waals surface area contributed by atoms with Crippen LogP contribution in [-0.2, 0) is 4.79 Å². The van der Waals surface area contributed by atoms with Crippen LogP contribution in [0.25, 0.3) is 0 Å². The Morgan fingerprint density at radius 2 is 1.77 bits per heavy atom. The van der Waals surface area contributed by atoms with Crippen LogP contribution >= 0.6 is 11.6 Å². The van der Waals surface area contributed by atoms with Crippen LogP contribution in [-0.4, -0.2) is 36.3 Å². The average molecular weight is 373 g/mol. The van der Waals surface area contributed by atoms with Gasteiger partial charge in [-0.25, -0.2) is 0 Å². The zero-order valence-corrected chi connectivity index (χ0v) is 15.1. The van der Waals surface area contributed by atoms with Crippen LogP contribution in [0.2, 0.25) is 5.02 Å². The van der Waals surface area contributed by atoms with Crippen molar-refractivity contribution in [3.05, 3.63) is 58.1 Å². The summed E-state index contributed by atoms with van der Waals surface area (Å²) in [7, 11) is 1.48. The molecule has 0 unspecified atom stereocenters. The topological polar surface area (TPSA) is 75.7 Å². The first-order valence-corrected chi connectivity index (χ1v) is 8.39. The van der Waals surface area contributed by atoms with Crippen LogP contribution in [0.4, 0.5) is 5.69 Å². The van der Waals surface area contributed by atoms with E-state index in [1.807, 2.05) is 6.92 Å². The van der Waals surface area contributed by atoms with Crippen LogP contribution in [0.3, 0.4) is 0 Å². The minimum absolute atomic E-state index is 0.00701. The molecule has 0 aromatic heterocycles. The molecule has 2 aromatic rings. The third kappa shape index (κ3) is 3.28. The third-order valence-electron chi connectivity index (χ3n) is 4.20. The molecule has 7 heteroatoms. The van der Waals surface area contributed by atoms with Crippen LogP contribution in [0.15, 0.2) is 36.4 Å². The molecule has 1 aliphatic rings. The standard InChI is InChI=1S/C19H17ClN2O4/c1-11-9-15(16(26-2)10-14(11)20)21-17(23)7-8-22-18(24)12-5-3-4-6-13(12)19(22)25/h3-6,9-10H,7-8H2,1-2H3,(H,21,23). The first-order valence-electron chi connectivity index (χ1n) is 8.01. The maximum absolute atomic E-state index is 12.3. The molecule has 1 aliphatic heterocycles. The normalized spacial score (nSPS) is 13.0. The Morgan fingerprint density at radius 3 is 2.35 bits per heavy atom. The van der Waals surface area contributed by atoms with E-state index in [0.717, 1.165) is 10.5 Å². The number of rotatable bonds is 5. The number of carbonyl (C=O) groups excluding carboxylic acids is 3. The number of benzene rings is 2. The summed E-state index contributed by atoms with van der Waals surface area (Å²) in [5, 5.41) is 3.27. The van der Waals surface area contributed by atoms with E-state index in [1.165, 1.54) is 7.11 Å². The molecule has 3 amide bonds. The van der Waals surface area contributed by atoms with Crippen molar-refractivity contribution < 1.29 is 19.1 Å². The molecule has 0 saturated carbocycles. The minimum Gasteiger partial charge on any atom is -0.495 e. The van der Waals surface area contributed by atoms with Gasteiger partial charge >= 0.3 is 0 Å². The number of anilines is 1. The van der Waals surface area contributed by atoms with Gasteiger partial charge in [0.05, 0.1) is 23.9 Å². The fourth-order valence-corrected chi connectivity index (χ4v) is 2.95. The predicted octanol–water partition coefficient (Wildman–Crippen LogP) is 3.28. The SMILES string of the molecule is COc1cc(Cl)c(C)cc1NC(=O)CCN1C(=O)c2ccccc2C1=O. The minimum atomic E-state index is -0.377. The number of amides is 3. The number of ether oxygens (including phenoxy) is 1. The van der Waals surface area contributed by atoms with Crippen molar-refractivity contribution in [1.29, 1.82) is 0 Å². The van der Waals surface area contributed by atoms with E-state index in [2.05, 4.69) is 5.32 Å². The summed E-state index contributed by atoms with van der Waals surface area (Å²) in [5.41, 5.74) is 2.02. The highest BCUT2D eigenvalue weighted by Crippen LogP contribution is 2.31. The summed E-state index contributed by atoms with van der Waals surface area (Å²) < 4.78 is 5.22. The van der Waals surface area contributed by atoms with E-state index in [-0.39, 0.29) is 30.7 Å². The molecular weight excluding hydrogens is 356 g/mol. The largest absolute Gasteiger partial charge is 0.495 e. The smallest absolute Gasteiger partial charge is 0.261 e. The molecule has 0 aliphatic carbocycles. The van der Waals surface area contributed by atoms with E-state index in [9.17, 15) is 14.4 Å². The zero-order valence-electron chi connectivity index (χ0n) is 14.3. The summed E-state index contributed by atoms with van der Waals surface area (Å²) in [6, 6.07) is 9.95. The second-order valence-electron chi connectivity index (χ2n) is 5.91. The van der Waals surface area contributed by atoms with Crippen molar-refractivity contribution in [2.45, 2.75) is 13.3 Å². The van der Waals surface area contributed by atoms with Gasteiger partial charge in [-0.05, 0) is 30.7 Å². The first-order chi connectivity index (χ1) is 12.4. The van der Waals surface area contributed by atoms with Gasteiger partial charge in [-0.15, -0.1) is 0 Å². The third-order valence-corrected chi connectivity index (χ3v) is 4.60. The maximum atomic E-state index is 12.3. The highest BCUT2D eigenvalue weighted by molar-refractivity contribution is 6.31. The number of hydrogen-bond acceptors (Lipinski definition) is 4. The Balaban J connectivity index is 1.67. The van der Waals surface area contributed by atoms with Gasteiger partial charge in [0.15, 0.2) is 0 Å². The molecule has 3 rings (SSSR count). The lowest BCUT2D eigenvalue weighted by atomic mass is 10.1. The van der Waals surface area contributed by atoms with Gasteiger partial charge < -0.3 is 10.1 Å². The molecule has 0 atom stereocenters. The Morgan fingerprint density at radius 1 is 1.15 bits per heavy atom. The molecule has 6 nitrogen and oxygen atoms in total. The highest BCUT2D eigenvalue weighted by atomic mass is 35.5. The van der Waals surface area contributed by atoms with E-state index in [0.29, 0.717) is 27.6 Å². The van der Waals surface area contributed by atoms with Gasteiger partial charge in [-0.1, -0.05) is 23.7 Å². The van der Waals surface area contributed by atoms with Crippen LogP contribution < -0.4 is 10.1 Å². The lowest BCUT2D eigenvalue weighted by molar-refractivity contribution is -0.116. The maximum Gasteiger partial charge on any atom is 0.261 e. The molecule has 0 spiro atoms. The van der Waals surface area contributed by atoms with Crippen molar-refractivity contribution in [3.8, 4) is 5.75 Å². The van der Waals surface area contributed by atoms with E-state index in [4.69, 9.17) is 16.3 Å². The zero-order chi connectivity index (χ0) is 18.8. The van der Waals surface area contributed by atoms with Crippen molar-refractivity contribution in [3.63, 3.8) is 0 Å². The number of imide groups is 1. The summed E-state index contributed by atoms with van der Waals surface area (Å²) >= 11 is 6.05. The molecule has 134 valence electrons. The lowest BCUT2D eigenvalue weighted by Crippen LogP contribution is -2.32. The molecule has 1 heterocycles. The number of nitrogens with zero attached hydrogens (tertiary/aromatic N) is 1. The molecule has 0 saturated heterocycles. The van der Waals surface area contributed by atoms with Gasteiger partial charge in [0.1, 0.15) is 5.75 Å². The summed E-state index contributed by atoms with van der Waals surface area (Å²) in [6.45, 7) is 1.82. The number of carbonyl (C=O) groups is 3. The van der Waals surface area contributed by atoms with Gasteiger partial charge in [0.2, 0.25) is 5.91 Å². The molecule has 0 fully saturated rings. The number of nitrogens with one attached hydrogen (secondary N) is 1. The number of fused-ring (bicyclic) bond motifs is 1. The van der Waals surface area contributed by atoms with Gasteiger partial charge in [-0.3, -0.25) is 19.3 Å². The summed E-state index contributed by atoms with van der Waals surface area (Å²) in [5.74, 6) is -0.645. The van der Waals surface area contributed by atoms with E-state index < -0.39 is 0 Å². The quantitative estimate of drug-likeness (QED) is 0.817. The fraction of sp³-hybridized carbons (Fsp3) is 0.211. The van der Waals surface area contributed by atoms with Gasteiger partial charge in [0.25, 0.3) is 11.8 Å². The monoisotopic (exact) mass is 372 g/mol. The molecule has 2 aromatic carbocycles. The van der Waals surface area contributed by atoms with Crippen LogP contribution in [0, 0.1) is 6.92 Å². The van der Waals surface area contributed by atoms with Gasteiger partial charge in [0, 0.05) is 24.1 Å². The van der Waals surface area contributed by atoms with Crippen molar-refractivity contribution in [1.82, 2.24) is 4.90 Å². The first kappa shape index (κ1) is 17.9. The number of halogens is 1. The van der Waals surface area contributed by atoms with Crippen molar-refractivity contribution >= 4 is 35.0 Å². The Hall–Kier alpha value is -2.86. The highest BCUT2D eigenvalue weighted by Gasteiger charge is 2.34. The van der Waals surface area contributed by atoms with Crippen molar-refractivity contribution in [2.24, 2.45) is 0 Å². The second-order valence-corrected chi connectivity index (χ2v) is 6.31. The van der Waals surface area contributed by atoms with Crippen molar-refractivity contribution in [2.75, 3.05) is 19.0 Å².